The lowest BCUT2D eigenvalue weighted by Gasteiger charge is -2.33. The van der Waals surface area contributed by atoms with Gasteiger partial charge in [-0.3, -0.25) is 9.59 Å². The van der Waals surface area contributed by atoms with E-state index in [9.17, 15) is 19.2 Å². The van der Waals surface area contributed by atoms with E-state index in [4.69, 9.17) is 29.0 Å². The number of ether oxygens (including phenoxy) is 2. The summed E-state index contributed by atoms with van der Waals surface area (Å²) in [6, 6.07) is 11.6. The zero-order valence-electron chi connectivity index (χ0n) is 38.8. The van der Waals surface area contributed by atoms with Gasteiger partial charge >= 0.3 is 24.3 Å². The van der Waals surface area contributed by atoms with Crippen molar-refractivity contribution in [2.75, 3.05) is 39.5 Å². The molecular weight excluding hydrogens is 959 g/mol. The number of hydrogen-bond acceptors (Lipinski definition) is 11. The Balaban J connectivity index is 1.27. The maximum Gasteiger partial charge on any atom is 0.418 e. The van der Waals surface area contributed by atoms with Crippen LogP contribution in [-0.2, 0) is 63.6 Å². The van der Waals surface area contributed by atoms with E-state index in [1.807, 2.05) is 0 Å². The number of hydrogen-bond donors (Lipinski definition) is 0. The first-order valence-electron chi connectivity index (χ1n) is 23.4. The van der Waals surface area contributed by atoms with Crippen molar-refractivity contribution in [3.8, 4) is 33.8 Å². The van der Waals surface area contributed by atoms with Crippen LogP contribution < -0.4 is 9.78 Å². The summed E-state index contributed by atoms with van der Waals surface area (Å²) < 4.78 is 106. The molecule has 2 saturated heterocycles. The van der Waals surface area contributed by atoms with Crippen molar-refractivity contribution in [3.63, 3.8) is 0 Å². The molecule has 0 aliphatic carbocycles. The van der Waals surface area contributed by atoms with E-state index in [-0.39, 0.29) is 97.9 Å². The highest BCUT2D eigenvalue weighted by Gasteiger charge is 2.42. The Morgan fingerprint density at radius 1 is 0.620 bits per heavy atom. The number of piperidine rings is 2. The average molecular weight is 1010 g/mol. The van der Waals surface area contributed by atoms with Crippen molar-refractivity contribution in [1.29, 1.82) is 0 Å². The number of amides is 2. The molecule has 0 spiro atoms. The van der Waals surface area contributed by atoms with Crippen molar-refractivity contribution < 1.29 is 74.5 Å². The molecule has 2 amide bonds. The molecule has 8 rings (SSSR count). The monoisotopic (exact) mass is 1010 g/mol. The first-order chi connectivity index (χ1) is 34.1. The third-order valence-corrected chi connectivity index (χ3v) is 13.7. The lowest BCUT2D eigenvalue weighted by atomic mass is 9.91. The van der Waals surface area contributed by atoms with E-state index >= 15 is 26.3 Å². The summed E-state index contributed by atoms with van der Waals surface area (Å²) in [7, 11) is 0. The summed E-state index contributed by atoms with van der Waals surface area (Å²) in [5.74, 6) is -1.90. The number of halogens is 6. The second-order valence-electron chi connectivity index (χ2n) is 17.1. The van der Waals surface area contributed by atoms with Gasteiger partial charge in [-0.25, -0.2) is 9.59 Å². The summed E-state index contributed by atoms with van der Waals surface area (Å²) >= 11 is 0.267. The van der Waals surface area contributed by atoms with Gasteiger partial charge in [0.25, 0.3) is 0 Å². The Bertz CT molecular complexity index is 2560. The van der Waals surface area contributed by atoms with E-state index in [0.29, 0.717) is 49.7 Å². The van der Waals surface area contributed by atoms with Gasteiger partial charge in [0, 0.05) is 70.1 Å². The van der Waals surface area contributed by atoms with Crippen LogP contribution in [0.15, 0.2) is 82.6 Å². The number of nitrogens with zero attached hydrogens (tertiary/aromatic N) is 2. The number of carbonyl (C=O) groups excluding carboxylic acids is 4. The molecule has 376 valence electrons. The number of fused-ring (bicyclic) bond motifs is 2. The largest absolute Gasteiger partial charge is 0.464 e. The normalized spacial score (nSPS) is 18.4. The van der Waals surface area contributed by atoms with Gasteiger partial charge in [0.2, 0.25) is 11.8 Å². The van der Waals surface area contributed by atoms with Crippen LogP contribution in [0.1, 0.15) is 85.8 Å². The molecule has 71 heavy (non-hydrogen) atoms. The van der Waals surface area contributed by atoms with Crippen LogP contribution in [0.4, 0.5) is 26.3 Å². The van der Waals surface area contributed by atoms with Gasteiger partial charge in [0.15, 0.2) is 11.5 Å². The zero-order valence-corrected chi connectivity index (χ0v) is 39.6. The molecule has 4 aliphatic rings. The smallest absolute Gasteiger partial charge is 0.418 e. The number of alkyl halides is 6. The zero-order chi connectivity index (χ0) is 50.5. The van der Waals surface area contributed by atoms with Crippen LogP contribution in [0.25, 0.3) is 34.4 Å². The average Bonchev–Trinajstić information content (AvgIpc) is 3.36. The molecule has 19 heteroatoms. The first kappa shape index (κ1) is 51.1. The molecule has 0 N–H and O–H groups in total. The minimum Gasteiger partial charge on any atom is -0.464 e. The van der Waals surface area contributed by atoms with Crippen LogP contribution in [0.3, 0.4) is 0 Å². The number of benzene rings is 4. The molecule has 2 atom stereocenters. The van der Waals surface area contributed by atoms with Crippen molar-refractivity contribution in [3.05, 3.63) is 106 Å². The Labute approximate surface area is 409 Å². The van der Waals surface area contributed by atoms with E-state index in [0.717, 1.165) is 24.3 Å². The van der Waals surface area contributed by atoms with Crippen LogP contribution in [-0.4, -0.2) is 85.2 Å². The predicted octanol–water partition coefficient (Wildman–Crippen LogP) is 10.9. The maximum atomic E-state index is 15.9. The number of likely N-dealkylation sites (tertiary alicyclic amines) is 2. The molecular formula is C52H50F6N2O10S. The molecule has 2 fully saturated rings. The van der Waals surface area contributed by atoms with Crippen LogP contribution in [0, 0.1) is 0 Å². The second-order valence-corrected chi connectivity index (χ2v) is 18.2. The lowest BCUT2D eigenvalue weighted by Crippen LogP contribution is -2.48. The minimum atomic E-state index is -5.18. The summed E-state index contributed by atoms with van der Waals surface area (Å²) in [6.45, 7) is 4.09. The van der Waals surface area contributed by atoms with E-state index in [2.05, 4.69) is 0 Å². The van der Waals surface area contributed by atoms with Crippen molar-refractivity contribution >= 4 is 47.7 Å². The topological polar surface area (TPSA) is 130 Å². The second kappa shape index (κ2) is 22.0. The maximum absolute atomic E-state index is 15.9. The van der Waals surface area contributed by atoms with Crippen molar-refractivity contribution in [1.82, 2.24) is 9.80 Å². The molecule has 0 bridgehead atoms. The molecule has 4 aliphatic heterocycles. The van der Waals surface area contributed by atoms with Gasteiger partial charge in [0.05, 0.1) is 37.6 Å². The highest BCUT2D eigenvalue weighted by Crippen LogP contribution is 2.52. The fraction of sp³-hybridized carbons (Fsp3) is 0.385. The summed E-state index contributed by atoms with van der Waals surface area (Å²) in [5.41, 5.74) is -2.39. The molecule has 0 aromatic heterocycles. The van der Waals surface area contributed by atoms with Crippen LogP contribution in [0.2, 0.25) is 0 Å². The minimum absolute atomic E-state index is 0.0412. The summed E-state index contributed by atoms with van der Waals surface area (Å²) in [4.78, 5) is 75.3. The number of carbonyl (C=O) groups is 4. The van der Waals surface area contributed by atoms with Gasteiger partial charge in [-0.05, 0) is 123 Å². The number of rotatable bonds is 12. The van der Waals surface area contributed by atoms with E-state index < -0.39 is 80.2 Å². The Morgan fingerprint density at radius 3 is 1.44 bits per heavy atom. The van der Waals surface area contributed by atoms with Crippen LogP contribution in [0.5, 0.6) is 11.5 Å². The molecule has 4 aromatic carbocycles. The highest BCUT2D eigenvalue weighted by atomic mass is 32.2. The fourth-order valence-corrected chi connectivity index (χ4v) is 10.5. The Hall–Kier alpha value is -6.31. The molecule has 2 unspecified atom stereocenters. The van der Waals surface area contributed by atoms with Gasteiger partial charge in [-0.15, -0.1) is 0 Å². The summed E-state index contributed by atoms with van der Waals surface area (Å²) in [6.07, 6.45) is -2.00. The van der Waals surface area contributed by atoms with Gasteiger partial charge in [0.1, 0.15) is 12.1 Å². The van der Waals surface area contributed by atoms with Gasteiger partial charge < -0.3 is 29.0 Å². The standard InChI is InChI=1S/C52H50F6N2O10S/c1-3-65-49(63)37-9-5-7-25-59(37)43(61)21-15-31-13-19-41(47(51(53,54)55)45(31)35-11-17-39-33(29-35)23-27-67-69-39)71-42-20-14-32(16-22-44(62)60-26-8-6-10-38(60)50(64)66-4-2)46(48(42)52(56,57)58)36-12-18-40-34(30-36)24-28-68-70-40/h11-22,29-30,37-38H,3-10,23-28H2,1-2H3. The molecule has 12 nitrogen and oxygen atoms in total. The van der Waals surface area contributed by atoms with Gasteiger partial charge in [-0.1, -0.05) is 36.0 Å². The third kappa shape index (κ3) is 11.4. The molecule has 0 radical (unpaired) electrons. The highest BCUT2D eigenvalue weighted by molar-refractivity contribution is 7.99. The molecule has 0 saturated carbocycles. The van der Waals surface area contributed by atoms with E-state index in [1.54, 1.807) is 13.8 Å². The third-order valence-electron chi connectivity index (χ3n) is 12.6. The Kier molecular flexibility index (Phi) is 15.8. The molecule has 4 heterocycles. The lowest BCUT2D eigenvalue weighted by molar-refractivity contribution is -0.215. The summed E-state index contributed by atoms with van der Waals surface area (Å²) in [5, 5.41) is 0. The van der Waals surface area contributed by atoms with Crippen molar-refractivity contribution in [2.45, 2.75) is 99.4 Å². The first-order valence-corrected chi connectivity index (χ1v) is 24.2. The molecule has 4 aromatic rings. The predicted molar refractivity (Wildman–Crippen MR) is 248 cm³/mol. The Morgan fingerprint density at radius 2 is 1.04 bits per heavy atom. The van der Waals surface area contributed by atoms with Gasteiger partial charge in [-0.2, -0.15) is 36.1 Å². The van der Waals surface area contributed by atoms with Crippen molar-refractivity contribution in [2.24, 2.45) is 0 Å². The van der Waals surface area contributed by atoms with E-state index in [1.165, 1.54) is 70.5 Å². The number of esters is 2. The van der Waals surface area contributed by atoms with Crippen LogP contribution >= 0.6 is 11.8 Å². The quantitative estimate of drug-likeness (QED) is 0.0582. The fourth-order valence-electron chi connectivity index (χ4n) is 9.36. The SMILES string of the molecule is CCOC(=O)C1CCCCN1C(=O)C=Cc1ccc(Sc2ccc(C=CC(=O)N3CCCCC3C(=O)OCC)c(-c3ccc4c(c3)CCOO4)c2C(F)(F)F)c(C(F)(F)F)c1-c1ccc2c(c1)CCOO2.